The maximum Gasteiger partial charge on any atom is 0.255 e. The first-order valence-corrected chi connectivity index (χ1v) is 20.4. The number of aromatic nitrogens is 4. The Morgan fingerprint density at radius 3 is 2.46 bits per heavy atom. The summed E-state index contributed by atoms with van der Waals surface area (Å²) in [6, 6.07) is 31.7. The standard InChI is InChI=1S/C44H42N8O4S/c45-41-39-40(30-15-17-33(18-16-30)56-32-7-2-1-3-8-32)49-52(42(39)47-27-46-41)31-6-5-22-50(24-31)23-21-28-11-13-29(14-12-28)26-57-37-10-4-9-34-35(37)25-51(44(34)55)36-19-20-38(53)48-43(36)54/h1-4,7-18,27,31,36H,5-6,19-26H2,(H2,45,46,47)(H,48,53,54). The number of carbonyl (C=O) groups excluding carboxylic acids is 3. The number of piperidine rings is 2. The van der Waals surface area contributed by atoms with Crippen molar-refractivity contribution < 1.29 is 19.1 Å². The Labute approximate surface area is 334 Å². The van der Waals surface area contributed by atoms with Crippen molar-refractivity contribution in [1.82, 2.24) is 34.9 Å². The molecular weight excluding hydrogens is 737 g/mol. The molecule has 2 atom stereocenters. The number of benzene rings is 4. The number of para-hydroxylation sites is 1. The van der Waals surface area contributed by atoms with Gasteiger partial charge >= 0.3 is 0 Å². The first-order valence-electron chi connectivity index (χ1n) is 19.4. The van der Waals surface area contributed by atoms with Crippen molar-refractivity contribution >= 4 is 46.3 Å². The van der Waals surface area contributed by atoms with E-state index in [4.69, 9.17) is 15.6 Å². The Balaban J connectivity index is 0.822. The Kier molecular flexibility index (Phi) is 10.2. The highest BCUT2D eigenvalue weighted by Gasteiger charge is 2.40. The lowest BCUT2D eigenvalue weighted by Gasteiger charge is -2.33. The highest BCUT2D eigenvalue weighted by Crippen LogP contribution is 2.37. The summed E-state index contributed by atoms with van der Waals surface area (Å²) in [5, 5.41) is 8.28. The number of nitrogens with two attached hydrogens (primary N) is 1. The summed E-state index contributed by atoms with van der Waals surface area (Å²) in [5.74, 6) is 1.87. The van der Waals surface area contributed by atoms with E-state index in [-0.39, 0.29) is 24.3 Å². The van der Waals surface area contributed by atoms with Crippen molar-refractivity contribution in [3.05, 3.63) is 126 Å². The van der Waals surface area contributed by atoms with Crippen LogP contribution in [0.25, 0.3) is 22.3 Å². The van der Waals surface area contributed by atoms with E-state index in [9.17, 15) is 14.4 Å². The minimum Gasteiger partial charge on any atom is -0.457 e. The van der Waals surface area contributed by atoms with Crippen LogP contribution in [0.15, 0.2) is 108 Å². The summed E-state index contributed by atoms with van der Waals surface area (Å²) in [4.78, 5) is 51.6. The number of nitrogen functional groups attached to an aromatic ring is 1. The maximum atomic E-state index is 13.3. The quantitative estimate of drug-likeness (QED) is 0.106. The molecule has 2 aromatic heterocycles. The van der Waals surface area contributed by atoms with Gasteiger partial charge in [0.05, 0.1) is 11.4 Å². The molecule has 4 aromatic carbocycles. The van der Waals surface area contributed by atoms with E-state index in [1.54, 1.807) is 16.7 Å². The molecule has 0 aliphatic carbocycles. The van der Waals surface area contributed by atoms with Gasteiger partial charge in [0.15, 0.2) is 5.65 Å². The number of thioether (sulfide) groups is 1. The van der Waals surface area contributed by atoms with E-state index in [1.165, 1.54) is 17.5 Å². The highest BCUT2D eigenvalue weighted by molar-refractivity contribution is 7.98. The van der Waals surface area contributed by atoms with Gasteiger partial charge in [-0.05, 0) is 97.4 Å². The molecule has 0 spiro atoms. The largest absolute Gasteiger partial charge is 0.457 e. The van der Waals surface area contributed by atoms with Gasteiger partial charge in [-0.25, -0.2) is 14.6 Å². The number of fused-ring (bicyclic) bond motifs is 2. The fraction of sp³-hybridized carbons (Fsp3) is 0.273. The van der Waals surface area contributed by atoms with Gasteiger partial charge < -0.3 is 20.3 Å². The van der Waals surface area contributed by atoms with Crippen molar-refractivity contribution in [3.8, 4) is 22.8 Å². The summed E-state index contributed by atoms with van der Waals surface area (Å²) in [7, 11) is 0. The van der Waals surface area contributed by atoms with Crippen LogP contribution in [0.2, 0.25) is 0 Å². The Bertz CT molecular complexity index is 2460. The number of ether oxygens (including phenoxy) is 1. The molecule has 57 heavy (non-hydrogen) atoms. The molecule has 0 saturated carbocycles. The molecule has 288 valence electrons. The van der Waals surface area contributed by atoms with E-state index in [0.717, 1.165) is 88.9 Å². The lowest BCUT2D eigenvalue weighted by atomic mass is 10.0. The van der Waals surface area contributed by atoms with Gasteiger partial charge in [-0.1, -0.05) is 48.5 Å². The van der Waals surface area contributed by atoms with Crippen molar-refractivity contribution in [2.24, 2.45) is 0 Å². The average Bonchev–Trinajstić information content (AvgIpc) is 3.79. The molecule has 3 N–H and O–H groups in total. The van der Waals surface area contributed by atoms with Gasteiger partial charge in [0.25, 0.3) is 5.91 Å². The van der Waals surface area contributed by atoms with Crippen molar-refractivity contribution in [3.63, 3.8) is 0 Å². The summed E-state index contributed by atoms with van der Waals surface area (Å²) in [6.45, 7) is 3.20. The number of anilines is 1. The average molecular weight is 779 g/mol. The van der Waals surface area contributed by atoms with Crippen LogP contribution in [-0.2, 0) is 28.3 Å². The molecule has 2 fully saturated rings. The monoisotopic (exact) mass is 778 g/mol. The van der Waals surface area contributed by atoms with E-state index in [0.29, 0.717) is 24.3 Å². The zero-order valence-corrected chi connectivity index (χ0v) is 32.2. The van der Waals surface area contributed by atoms with Gasteiger partial charge in [0, 0.05) is 47.8 Å². The van der Waals surface area contributed by atoms with Crippen molar-refractivity contribution in [2.75, 3.05) is 25.4 Å². The summed E-state index contributed by atoms with van der Waals surface area (Å²) in [6.07, 6.45) is 5.11. The third kappa shape index (κ3) is 7.60. The van der Waals surface area contributed by atoms with Gasteiger partial charge in [0.1, 0.15) is 35.4 Å². The Morgan fingerprint density at radius 2 is 1.65 bits per heavy atom. The second-order valence-electron chi connectivity index (χ2n) is 14.8. The fourth-order valence-electron chi connectivity index (χ4n) is 8.13. The van der Waals surface area contributed by atoms with Gasteiger partial charge in [-0.3, -0.25) is 19.7 Å². The highest BCUT2D eigenvalue weighted by atomic mass is 32.2. The van der Waals surface area contributed by atoms with Gasteiger partial charge in [0.2, 0.25) is 11.8 Å². The second kappa shape index (κ2) is 15.8. The minimum atomic E-state index is -0.619. The predicted octanol–water partition coefficient (Wildman–Crippen LogP) is 6.80. The third-order valence-corrected chi connectivity index (χ3v) is 12.3. The maximum absolute atomic E-state index is 13.3. The number of nitrogens with zero attached hydrogens (tertiary/aromatic N) is 6. The van der Waals surface area contributed by atoms with Crippen LogP contribution in [0, 0.1) is 0 Å². The van der Waals surface area contributed by atoms with Crippen molar-refractivity contribution in [2.45, 2.75) is 61.4 Å². The van der Waals surface area contributed by atoms with Crippen LogP contribution in [0.3, 0.4) is 0 Å². The molecule has 5 heterocycles. The lowest BCUT2D eigenvalue weighted by Crippen LogP contribution is -2.52. The SMILES string of the molecule is Nc1ncnc2c1c(-c1ccc(Oc3ccccc3)cc1)nn2C1CCCN(CCc2ccc(CSc3cccc4c3CN(C3CCC(=O)NC3=O)C4=O)cc2)C1. The summed E-state index contributed by atoms with van der Waals surface area (Å²) >= 11 is 1.70. The van der Waals surface area contributed by atoms with Crippen LogP contribution in [0.1, 0.15) is 58.8 Å². The molecule has 3 amide bonds. The molecule has 0 radical (unpaired) electrons. The van der Waals surface area contributed by atoms with E-state index in [2.05, 4.69) is 49.1 Å². The predicted molar refractivity (Wildman–Crippen MR) is 219 cm³/mol. The third-order valence-electron chi connectivity index (χ3n) is 11.1. The molecular formula is C44H42N8O4S. The van der Waals surface area contributed by atoms with Gasteiger partial charge in [-0.15, -0.1) is 11.8 Å². The topological polar surface area (TPSA) is 149 Å². The molecule has 3 aliphatic rings. The Morgan fingerprint density at radius 1 is 0.860 bits per heavy atom. The van der Waals surface area contributed by atoms with Crippen molar-refractivity contribution in [1.29, 1.82) is 0 Å². The lowest BCUT2D eigenvalue weighted by molar-refractivity contribution is -0.136. The molecule has 12 nitrogen and oxygen atoms in total. The number of amides is 3. The number of likely N-dealkylation sites (tertiary alicyclic amines) is 1. The normalized spacial score (nSPS) is 18.5. The smallest absolute Gasteiger partial charge is 0.255 e. The van der Waals surface area contributed by atoms with Crippen LogP contribution in [0.5, 0.6) is 11.5 Å². The number of hydrogen-bond acceptors (Lipinski definition) is 10. The molecule has 2 saturated heterocycles. The molecule has 2 unspecified atom stereocenters. The van der Waals surface area contributed by atoms with Crippen LogP contribution in [0.4, 0.5) is 5.82 Å². The van der Waals surface area contributed by atoms with Crippen LogP contribution in [-0.4, -0.2) is 72.9 Å². The molecule has 3 aliphatic heterocycles. The second-order valence-corrected chi connectivity index (χ2v) is 15.8. The Hall–Kier alpha value is -6.05. The molecule has 13 heteroatoms. The summed E-state index contributed by atoms with van der Waals surface area (Å²) in [5.41, 5.74) is 13.0. The fourth-order valence-corrected chi connectivity index (χ4v) is 9.17. The molecule has 0 bridgehead atoms. The molecule has 9 rings (SSSR count). The number of carbonyl (C=O) groups is 3. The number of imide groups is 1. The zero-order chi connectivity index (χ0) is 38.9. The van der Waals surface area contributed by atoms with E-state index in [1.807, 2.05) is 72.8 Å². The number of rotatable bonds is 11. The number of nitrogens with one attached hydrogen (secondary N) is 1. The van der Waals surface area contributed by atoms with E-state index < -0.39 is 11.9 Å². The summed E-state index contributed by atoms with van der Waals surface area (Å²) < 4.78 is 8.07. The van der Waals surface area contributed by atoms with Crippen LogP contribution < -0.4 is 15.8 Å². The van der Waals surface area contributed by atoms with Gasteiger partial charge in [-0.2, -0.15) is 5.10 Å². The zero-order valence-electron chi connectivity index (χ0n) is 31.3. The molecule has 6 aromatic rings. The first-order chi connectivity index (χ1) is 27.9. The van der Waals surface area contributed by atoms with Crippen LogP contribution >= 0.6 is 11.8 Å². The minimum absolute atomic E-state index is 0.148. The number of hydrogen-bond donors (Lipinski definition) is 2. The van der Waals surface area contributed by atoms with E-state index >= 15 is 0 Å². The first kappa shape index (κ1) is 36.6.